The summed E-state index contributed by atoms with van der Waals surface area (Å²) in [6.45, 7) is 0. The SMILES string of the molecule is COc1ccc(N(C)C(=O)c2c(F)cccc2Cl)cc1OC. The van der Waals surface area contributed by atoms with E-state index in [4.69, 9.17) is 21.1 Å². The van der Waals surface area contributed by atoms with Crippen LogP contribution in [-0.2, 0) is 0 Å². The number of carbonyl (C=O) groups excluding carboxylic acids is 1. The van der Waals surface area contributed by atoms with Crippen molar-refractivity contribution in [2.75, 3.05) is 26.2 Å². The molecule has 2 aromatic rings. The van der Waals surface area contributed by atoms with E-state index in [-0.39, 0.29) is 10.6 Å². The molecule has 0 heterocycles. The van der Waals surface area contributed by atoms with Crippen molar-refractivity contribution < 1.29 is 18.7 Å². The van der Waals surface area contributed by atoms with E-state index in [2.05, 4.69) is 0 Å². The number of anilines is 1. The normalized spacial score (nSPS) is 10.2. The molecule has 0 fully saturated rings. The van der Waals surface area contributed by atoms with Crippen LogP contribution in [0.2, 0.25) is 5.02 Å². The van der Waals surface area contributed by atoms with Crippen molar-refractivity contribution in [2.24, 2.45) is 0 Å². The standard InChI is InChI=1S/C16H15ClFNO3/c1-19(10-7-8-13(21-2)14(9-10)22-3)16(20)15-11(17)5-4-6-12(15)18/h4-9H,1-3H3. The Morgan fingerprint density at radius 2 is 1.82 bits per heavy atom. The Kier molecular flexibility index (Phi) is 4.88. The number of rotatable bonds is 4. The summed E-state index contributed by atoms with van der Waals surface area (Å²) in [6, 6.07) is 9.09. The number of nitrogens with zero attached hydrogens (tertiary/aromatic N) is 1. The third kappa shape index (κ3) is 2.99. The summed E-state index contributed by atoms with van der Waals surface area (Å²) in [4.78, 5) is 13.8. The summed E-state index contributed by atoms with van der Waals surface area (Å²) in [5, 5.41) is 0.0670. The van der Waals surface area contributed by atoms with Crippen LogP contribution in [-0.4, -0.2) is 27.2 Å². The maximum Gasteiger partial charge on any atom is 0.262 e. The highest BCUT2D eigenvalue weighted by Crippen LogP contribution is 2.32. The third-order valence-electron chi connectivity index (χ3n) is 3.24. The molecule has 4 nitrogen and oxygen atoms in total. The lowest BCUT2D eigenvalue weighted by Crippen LogP contribution is -2.27. The second-order valence-electron chi connectivity index (χ2n) is 4.50. The van der Waals surface area contributed by atoms with Crippen molar-refractivity contribution in [2.45, 2.75) is 0 Å². The van der Waals surface area contributed by atoms with Crippen LogP contribution in [0.25, 0.3) is 0 Å². The van der Waals surface area contributed by atoms with Crippen molar-refractivity contribution in [3.63, 3.8) is 0 Å². The number of hydrogen-bond donors (Lipinski definition) is 0. The van der Waals surface area contributed by atoms with Crippen LogP contribution in [0.3, 0.4) is 0 Å². The molecule has 0 aliphatic rings. The monoisotopic (exact) mass is 323 g/mol. The van der Waals surface area contributed by atoms with Crippen LogP contribution < -0.4 is 14.4 Å². The molecule has 116 valence electrons. The predicted molar refractivity (Wildman–Crippen MR) is 83.7 cm³/mol. The number of ether oxygens (including phenoxy) is 2. The summed E-state index contributed by atoms with van der Waals surface area (Å²) >= 11 is 5.93. The number of amides is 1. The molecule has 0 radical (unpaired) electrons. The molecule has 0 aliphatic carbocycles. The van der Waals surface area contributed by atoms with Crippen molar-refractivity contribution in [3.8, 4) is 11.5 Å². The zero-order valence-electron chi connectivity index (χ0n) is 12.4. The average molecular weight is 324 g/mol. The van der Waals surface area contributed by atoms with Crippen molar-refractivity contribution >= 4 is 23.2 Å². The van der Waals surface area contributed by atoms with Gasteiger partial charge in [-0.05, 0) is 24.3 Å². The first kappa shape index (κ1) is 16.1. The Morgan fingerprint density at radius 1 is 1.14 bits per heavy atom. The number of hydrogen-bond acceptors (Lipinski definition) is 3. The van der Waals surface area contributed by atoms with E-state index in [1.807, 2.05) is 0 Å². The fraction of sp³-hybridized carbons (Fsp3) is 0.188. The van der Waals surface area contributed by atoms with E-state index in [1.165, 1.54) is 44.4 Å². The summed E-state index contributed by atoms with van der Waals surface area (Å²) in [7, 11) is 4.55. The van der Waals surface area contributed by atoms with E-state index in [9.17, 15) is 9.18 Å². The fourth-order valence-corrected chi connectivity index (χ4v) is 2.26. The van der Waals surface area contributed by atoms with Crippen LogP contribution in [0.4, 0.5) is 10.1 Å². The van der Waals surface area contributed by atoms with Crippen LogP contribution in [0.5, 0.6) is 11.5 Å². The third-order valence-corrected chi connectivity index (χ3v) is 3.55. The first-order valence-corrected chi connectivity index (χ1v) is 6.81. The highest BCUT2D eigenvalue weighted by molar-refractivity contribution is 6.34. The Balaban J connectivity index is 2.39. The Labute approximate surface area is 133 Å². The number of halogens is 2. The molecule has 2 rings (SSSR count). The molecule has 0 aliphatic heterocycles. The van der Waals surface area contributed by atoms with Gasteiger partial charge in [0.15, 0.2) is 11.5 Å². The van der Waals surface area contributed by atoms with Gasteiger partial charge in [0.2, 0.25) is 0 Å². The van der Waals surface area contributed by atoms with E-state index >= 15 is 0 Å². The molecule has 0 saturated heterocycles. The largest absolute Gasteiger partial charge is 0.493 e. The molecule has 0 unspecified atom stereocenters. The number of methoxy groups -OCH3 is 2. The zero-order chi connectivity index (χ0) is 16.3. The first-order chi connectivity index (χ1) is 10.5. The van der Waals surface area contributed by atoms with E-state index in [0.717, 1.165) is 0 Å². The van der Waals surface area contributed by atoms with Gasteiger partial charge in [-0.3, -0.25) is 4.79 Å². The summed E-state index contributed by atoms with van der Waals surface area (Å²) in [5.74, 6) is -0.199. The smallest absolute Gasteiger partial charge is 0.262 e. The van der Waals surface area contributed by atoms with Crippen molar-refractivity contribution in [1.29, 1.82) is 0 Å². The van der Waals surface area contributed by atoms with E-state index in [1.54, 1.807) is 18.2 Å². The quantitative estimate of drug-likeness (QED) is 0.859. The molecule has 1 amide bonds. The number of benzene rings is 2. The van der Waals surface area contributed by atoms with Crippen LogP contribution >= 0.6 is 11.6 Å². The van der Waals surface area contributed by atoms with Crippen LogP contribution in [0.15, 0.2) is 36.4 Å². The van der Waals surface area contributed by atoms with Crippen LogP contribution in [0.1, 0.15) is 10.4 Å². The minimum atomic E-state index is -0.662. The van der Waals surface area contributed by atoms with Gasteiger partial charge in [0, 0.05) is 18.8 Å². The van der Waals surface area contributed by atoms with Gasteiger partial charge in [-0.15, -0.1) is 0 Å². The van der Waals surface area contributed by atoms with Gasteiger partial charge in [-0.1, -0.05) is 17.7 Å². The van der Waals surface area contributed by atoms with Gasteiger partial charge in [0.1, 0.15) is 5.82 Å². The summed E-state index contributed by atoms with van der Waals surface area (Å²) in [5.41, 5.74) is 0.364. The van der Waals surface area contributed by atoms with Gasteiger partial charge < -0.3 is 14.4 Å². The highest BCUT2D eigenvalue weighted by atomic mass is 35.5. The molecular formula is C16H15ClFNO3. The van der Waals surface area contributed by atoms with E-state index in [0.29, 0.717) is 17.2 Å². The summed E-state index contributed by atoms with van der Waals surface area (Å²) in [6.07, 6.45) is 0. The molecule has 0 bridgehead atoms. The first-order valence-electron chi connectivity index (χ1n) is 6.43. The zero-order valence-corrected chi connectivity index (χ0v) is 13.1. The average Bonchev–Trinajstić information content (AvgIpc) is 2.53. The van der Waals surface area contributed by atoms with Gasteiger partial charge in [0.25, 0.3) is 5.91 Å². The molecule has 0 saturated carbocycles. The molecule has 2 aromatic carbocycles. The van der Waals surface area contributed by atoms with Crippen molar-refractivity contribution in [3.05, 3.63) is 52.8 Å². The minimum absolute atomic E-state index is 0.0670. The predicted octanol–water partition coefficient (Wildman–Crippen LogP) is 3.77. The minimum Gasteiger partial charge on any atom is -0.493 e. The Hall–Kier alpha value is -2.27. The molecule has 22 heavy (non-hydrogen) atoms. The second-order valence-corrected chi connectivity index (χ2v) is 4.91. The van der Waals surface area contributed by atoms with Gasteiger partial charge in [-0.2, -0.15) is 0 Å². The molecule has 0 spiro atoms. The molecule has 0 N–H and O–H groups in total. The lowest BCUT2D eigenvalue weighted by atomic mass is 10.1. The highest BCUT2D eigenvalue weighted by Gasteiger charge is 2.21. The lowest BCUT2D eigenvalue weighted by Gasteiger charge is -2.20. The van der Waals surface area contributed by atoms with E-state index < -0.39 is 11.7 Å². The molecule has 6 heteroatoms. The maximum atomic E-state index is 13.9. The second kappa shape index (κ2) is 6.66. The van der Waals surface area contributed by atoms with Gasteiger partial charge in [0.05, 0.1) is 24.8 Å². The fourth-order valence-electron chi connectivity index (χ4n) is 2.02. The maximum absolute atomic E-state index is 13.9. The topological polar surface area (TPSA) is 38.8 Å². The van der Waals surface area contributed by atoms with Crippen LogP contribution in [0, 0.1) is 5.82 Å². The Morgan fingerprint density at radius 3 is 2.41 bits per heavy atom. The van der Waals surface area contributed by atoms with Gasteiger partial charge >= 0.3 is 0 Å². The molecule has 0 atom stereocenters. The van der Waals surface area contributed by atoms with Gasteiger partial charge in [-0.25, -0.2) is 4.39 Å². The Bertz CT molecular complexity index is 686. The molecular weight excluding hydrogens is 309 g/mol. The summed E-state index contributed by atoms with van der Waals surface area (Å²) < 4.78 is 24.2. The van der Waals surface area contributed by atoms with Crippen molar-refractivity contribution in [1.82, 2.24) is 0 Å². The lowest BCUT2D eigenvalue weighted by molar-refractivity contribution is 0.0989. The molecule has 0 aromatic heterocycles. The number of carbonyl (C=O) groups is 1.